The Morgan fingerprint density at radius 3 is 2.71 bits per heavy atom. The highest BCUT2D eigenvalue weighted by Crippen LogP contribution is 2.26. The first kappa shape index (κ1) is 15.6. The van der Waals surface area contributed by atoms with Crippen LogP contribution in [0.25, 0.3) is 11.0 Å². The lowest BCUT2D eigenvalue weighted by molar-refractivity contribution is 0.0913. The number of carbonyl (C=O) groups is 1. The summed E-state index contributed by atoms with van der Waals surface area (Å²) in [7, 11) is 0. The molecule has 0 radical (unpaired) electrons. The van der Waals surface area contributed by atoms with Crippen molar-refractivity contribution in [2.45, 2.75) is 33.8 Å². The lowest BCUT2D eigenvalue weighted by Gasteiger charge is -2.14. The summed E-state index contributed by atoms with van der Waals surface area (Å²) < 4.78 is 11.5. The monoisotopic (exact) mass is 289 g/mol. The Hall–Kier alpha value is -1.81. The van der Waals surface area contributed by atoms with Gasteiger partial charge in [0.2, 0.25) is 5.78 Å². The van der Waals surface area contributed by atoms with Gasteiger partial charge in [-0.25, -0.2) is 0 Å². The number of hydrogen-bond acceptors (Lipinski definition) is 4. The first-order valence-electron chi connectivity index (χ1n) is 7.46. The Kier molecular flexibility index (Phi) is 5.02. The lowest BCUT2D eigenvalue weighted by Crippen LogP contribution is -2.28. The van der Waals surface area contributed by atoms with Crippen molar-refractivity contribution in [3.05, 3.63) is 30.0 Å². The second kappa shape index (κ2) is 6.76. The van der Waals surface area contributed by atoms with E-state index >= 15 is 0 Å². The van der Waals surface area contributed by atoms with Crippen molar-refractivity contribution in [3.8, 4) is 5.75 Å². The van der Waals surface area contributed by atoms with E-state index in [1.807, 2.05) is 39.0 Å². The zero-order valence-corrected chi connectivity index (χ0v) is 13.1. The molecule has 0 spiro atoms. The SMILES string of the molecule is CCNC[C@@H](C)Oc1ccc2oc(C(=O)C(C)C)cc2c1. The molecule has 21 heavy (non-hydrogen) atoms. The van der Waals surface area contributed by atoms with Gasteiger partial charge in [-0.3, -0.25) is 4.79 Å². The molecule has 4 nitrogen and oxygen atoms in total. The quantitative estimate of drug-likeness (QED) is 0.790. The Bertz CT molecular complexity index is 616. The number of likely N-dealkylation sites (N-methyl/N-ethyl adjacent to an activating group) is 1. The van der Waals surface area contributed by atoms with Crippen LogP contribution in [0.15, 0.2) is 28.7 Å². The van der Waals surface area contributed by atoms with E-state index in [-0.39, 0.29) is 17.8 Å². The first-order chi connectivity index (χ1) is 10.0. The molecule has 0 aliphatic carbocycles. The van der Waals surface area contributed by atoms with Crippen molar-refractivity contribution in [1.82, 2.24) is 5.32 Å². The molecule has 0 aliphatic rings. The Morgan fingerprint density at radius 2 is 2.05 bits per heavy atom. The van der Waals surface area contributed by atoms with Crippen molar-refractivity contribution in [2.24, 2.45) is 5.92 Å². The molecule has 1 aromatic carbocycles. The van der Waals surface area contributed by atoms with Gasteiger partial charge in [-0.15, -0.1) is 0 Å². The van der Waals surface area contributed by atoms with Crippen LogP contribution in [-0.2, 0) is 0 Å². The number of hydrogen-bond donors (Lipinski definition) is 1. The molecule has 0 bridgehead atoms. The molecule has 4 heteroatoms. The molecule has 2 rings (SSSR count). The third-order valence-electron chi connectivity index (χ3n) is 3.27. The molecule has 0 aliphatic heterocycles. The highest BCUT2D eigenvalue weighted by molar-refractivity contribution is 5.98. The van der Waals surface area contributed by atoms with Crippen LogP contribution in [0, 0.1) is 5.92 Å². The van der Waals surface area contributed by atoms with Crippen molar-refractivity contribution in [1.29, 1.82) is 0 Å². The maximum absolute atomic E-state index is 12.0. The predicted octanol–water partition coefficient (Wildman–Crippen LogP) is 3.65. The van der Waals surface area contributed by atoms with E-state index in [1.54, 1.807) is 6.07 Å². The molecule has 0 fully saturated rings. The molecular weight excluding hydrogens is 266 g/mol. The summed E-state index contributed by atoms with van der Waals surface area (Å²) in [4.78, 5) is 12.0. The number of nitrogens with one attached hydrogen (secondary N) is 1. The van der Waals surface area contributed by atoms with Crippen molar-refractivity contribution in [3.63, 3.8) is 0 Å². The third kappa shape index (κ3) is 3.85. The molecular formula is C17H23NO3. The van der Waals surface area contributed by atoms with Gasteiger partial charge in [0.1, 0.15) is 17.4 Å². The largest absolute Gasteiger partial charge is 0.489 e. The van der Waals surface area contributed by atoms with E-state index in [9.17, 15) is 4.79 Å². The molecule has 0 amide bonds. The minimum absolute atomic E-state index is 0.0224. The van der Waals surface area contributed by atoms with Crippen LogP contribution in [0.1, 0.15) is 38.2 Å². The number of fused-ring (bicyclic) bond motifs is 1. The highest BCUT2D eigenvalue weighted by atomic mass is 16.5. The van der Waals surface area contributed by atoms with Crippen LogP contribution < -0.4 is 10.1 Å². The van der Waals surface area contributed by atoms with E-state index in [1.165, 1.54) is 0 Å². The number of ether oxygens (including phenoxy) is 1. The van der Waals surface area contributed by atoms with Gasteiger partial charge in [-0.1, -0.05) is 20.8 Å². The molecule has 1 heterocycles. The zero-order valence-electron chi connectivity index (χ0n) is 13.1. The number of carbonyl (C=O) groups excluding carboxylic acids is 1. The first-order valence-corrected chi connectivity index (χ1v) is 7.46. The van der Waals surface area contributed by atoms with Gasteiger partial charge >= 0.3 is 0 Å². The van der Waals surface area contributed by atoms with Gasteiger partial charge in [0.05, 0.1) is 0 Å². The molecule has 0 saturated carbocycles. The van der Waals surface area contributed by atoms with Crippen LogP contribution in [0.3, 0.4) is 0 Å². The summed E-state index contributed by atoms with van der Waals surface area (Å²) in [5.41, 5.74) is 0.714. The number of rotatable bonds is 7. The summed E-state index contributed by atoms with van der Waals surface area (Å²) >= 11 is 0. The highest BCUT2D eigenvalue weighted by Gasteiger charge is 2.16. The van der Waals surface area contributed by atoms with Crippen molar-refractivity contribution in [2.75, 3.05) is 13.1 Å². The van der Waals surface area contributed by atoms with E-state index in [0.717, 1.165) is 24.2 Å². The standard InChI is InChI=1S/C17H23NO3/c1-5-18-10-12(4)20-14-6-7-15-13(8-14)9-16(21-15)17(19)11(2)3/h6-9,11-12,18H,5,10H2,1-4H3/t12-/m1/s1. The maximum atomic E-state index is 12.0. The lowest BCUT2D eigenvalue weighted by atomic mass is 10.1. The van der Waals surface area contributed by atoms with E-state index in [2.05, 4.69) is 12.2 Å². The van der Waals surface area contributed by atoms with Gasteiger partial charge in [0.15, 0.2) is 5.76 Å². The minimum atomic E-state index is -0.0681. The second-order valence-electron chi connectivity index (χ2n) is 5.57. The van der Waals surface area contributed by atoms with Crippen LogP contribution in [0.5, 0.6) is 5.75 Å². The Labute approximate surface area is 125 Å². The van der Waals surface area contributed by atoms with Gasteiger partial charge in [-0.2, -0.15) is 0 Å². The smallest absolute Gasteiger partial charge is 0.200 e. The fraction of sp³-hybridized carbons (Fsp3) is 0.471. The predicted molar refractivity (Wildman–Crippen MR) is 84.0 cm³/mol. The fourth-order valence-corrected chi connectivity index (χ4v) is 2.12. The number of furan rings is 1. The molecule has 2 aromatic rings. The van der Waals surface area contributed by atoms with Crippen LogP contribution in [-0.4, -0.2) is 25.0 Å². The number of Topliss-reactive ketones (excluding diaryl/α,β-unsaturated/α-hetero) is 1. The number of benzene rings is 1. The van der Waals surface area contributed by atoms with E-state index in [0.29, 0.717) is 11.3 Å². The molecule has 1 aromatic heterocycles. The zero-order chi connectivity index (χ0) is 15.4. The van der Waals surface area contributed by atoms with Crippen LogP contribution in [0.4, 0.5) is 0 Å². The third-order valence-corrected chi connectivity index (χ3v) is 3.27. The molecule has 0 saturated heterocycles. The Morgan fingerprint density at radius 1 is 1.29 bits per heavy atom. The average molecular weight is 289 g/mol. The van der Waals surface area contributed by atoms with E-state index < -0.39 is 0 Å². The fourth-order valence-electron chi connectivity index (χ4n) is 2.12. The summed E-state index contributed by atoms with van der Waals surface area (Å²) in [5.74, 6) is 1.16. The van der Waals surface area contributed by atoms with Crippen molar-refractivity contribution >= 4 is 16.8 Å². The topological polar surface area (TPSA) is 51.5 Å². The Balaban J connectivity index is 2.16. The van der Waals surface area contributed by atoms with Gasteiger partial charge in [-0.05, 0) is 37.7 Å². The number of ketones is 1. The van der Waals surface area contributed by atoms with Crippen LogP contribution in [0.2, 0.25) is 0 Å². The summed E-state index contributed by atoms with van der Waals surface area (Å²) in [6.07, 6.45) is 0.0890. The minimum Gasteiger partial charge on any atom is -0.489 e. The summed E-state index contributed by atoms with van der Waals surface area (Å²) in [6, 6.07) is 7.43. The molecule has 1 atom stereocenters. The molecule has 1 N–H and O–H groups in total. The average Bonchev–Trinajstić information content (AvgIpc) is 2.87. The maximum Gasteiger partial charge on any atom is 0.200 e. The van der Waals surface area contributed by atoms with Gasteiger partial charge in [0.25, 0.3) is 0 Å². The van der Waals surface area contributed by atoms with Gasteiger partial charge < -0.3 is 14.5 Å². The van der Waals surface area contributed by atoms with Crippen molar-refractivity contribution < 1.29 is 13.9 Å². The van der Waals surface area contributed by atoms with E-state index in [4.69, 9.17) is 9.15 Å². The van der Waals surface area contributed by atoms with Gasteiger partial charge in [0, 0.05) is 17.8 Å². The normalized spacial score (nSPS) is 12.8. The molecule has 0 unspecified atom stereocenters. The second-order valence-corrected chi connectivity index (χ2v) is 5.57. The summed E-state index contributed by atoms with van der Waals surface area (Å²) in [5, 5.41) is 4.14. The van der Waals surface area contributed by atoms with Crippen LogP contribution >= 0.6 is 0 Å². The summed E-state index contributed by atoms with van der Waals surface area (Å²) in [6.45, 7) is 9.55. The molecule has 114 valence electrons.